The number of hydrogen-bond acceptors (Lipinski definition) is 5. The summed E-state index contributed by atoms with van der Waals surface area (Å²) >= 11 is 0. The molecule has 2 atom stereocenters. The first-order valence-corrected chi connectivity index (χ1v) is 7.50. The molecular weight excluding hydrogens is 282 g/mol. The molecule has 0 radical (unpaired) electrons. The fraction of sp³-hybridized carbons (Fsp3) is 0.588. The van der Waals surface area contributed by atoms with Crippen LogP contribution in [0.3, 0.4) is 0 Å². The first-order chi connectivity index (χ1) is 10.3. The third-order valence-electron chi connectivity index (χ3n) is 3.34. The zero-order valence-electron chi connectivity index (χ0n) is 13.6. The number of nitrogens with one attached hydrogen (secondary N) is 1. The first kappa shape index (κ1) is 18.6. The van der Waals surface area contributed by atoms with Gasteiger partial charge in [-0.2, -0.15) is 0 Å². The molecule has 1 unspecified atom stereocenters. The van der Waals surface area contributed by atoms with Crippen LogP contribution in [0.4, 0.5) is 0 Å². The molecule has 1 heterocycles. The highest BCUT2D eigenvalue weighted by Crippen LogP contribution is 2.23. The molecule has 124 valence electrons. The molecule has 2 rings (SSSR count). The van der Waals surface area contributed by atoms with Crippen molar-refractivity contribution in [3.63, 3.8) is 0 Å². The molecule has 0 aromatic heterocycles. The van der Waals surface area contributed by atoms with E-state index in [4.69, 9.17) is 5.11 Å². The molecule has 0 saturated carbocycles. The molecule has 5 heteroatoms. The zero-order chi connectivity index (χ0) is 16.6. The van der Waals surface area contributed by atoms with Crippen LogP contribution in [0.2, 0.25) is 0 Å². The number of rotatable bonds is 4. The standard InChI is InChI=1S/C12H17NO2.C5H10O2/c14-8-11-7-12(15,9-13-11)6-10-4-2-1-3-5-10;1-5(2,3)7-4-6/h1-5,11,13-15H,6-9H2;4H,1-3H3/t11-,12?;/m1./s1. The Hall–Kier alpha value is -1.43. The lowest BCUT2D eigenvalue weighted by atomic mass is 9.92. The quantitative estimate of drug-likeness (QED) is 0.730. The van der Waals surface area contributed by atoms with Crippen molar-refractivity contribution in [1.29, 1.82) is 0 Å². The van der Waals surface area contributed by atoms with Crippen molar-refractivity contribution in [2.45, 2.75) is 50.9 Å². The van der Waals surface area contributed by atoms with Crippen LogP contribution in [0.25, 0.3) is 0 Å². The van der Waals surface area contributed by atoms with E-state index in [0.29, 0.717) is 25.9 Å². The molecule has 0 aliphatic carbocycles. The summed E-state index contributed by atoms with van der Waals surface area (Å²) in [5.74, 6) is 0. The van der Waals surface area contributed by atoms with Gasteiger partial charge in [0, 0.05) is 19.0 Å². The van der Waals surface area contributed by atoms with Crippen molar-refractivity contribution in [3.8, 4) is 0 Å². The summed E-state index contributed by atoms with van der Waals surface area (Å²) in [7, 11) is 0. The molecular formula is C17H27NO4. The fourth-order valence-electron chi connectivity index (χ4n) is 2.32. The van der Waals surface area contributed by atoms with Crippen LogP contribution in [0.15, 0.2) is 30.3 Å². The van der Waals surface area contributed by atoms with Crippen LogP contribution in [-0.4, -0.2) is 47.1 Å². The first-order valence-electron chi connectivity index (χ1n) is 7.50. The molecule has 1 aromatic rings. The van der Waals surface area contributed by atoms with Crippen LogP contribution < -0.4 is 5.32 Å². The van der Waals surface area contributed by atoms with Crippen LogP contribution in [-0.2, 0) is 16.0 Å². The van der Waals surface area contributed by atoms with E-state index in [1.807, 2.05) is 51.1 Å². The Kier molecular flexibility index (Phi) is 7.00. The summed E-state index contributed by atoms with van der Waals surface area (Å²) in [4.78, 5) is 9.60. The average Bonchev–Trinajstić information content (AvgIpc) is 2.81. The monoisotopic (exact) mass is 309 g/mol. The van der Waals surface area contributed by atoms with Gasteiger partial charge in [-0.3, -0.25) is 4.79 Å². The van der Waals surface area contributed by atoms with E-state index < -0.39 is 5.60 Å². The molecule has 22 heavy (non-hydrogen) atoms. The van der Waals surface area contributed by atoms with E-state index in [1.165, 1.54) is 0 Å². The maximum absolute atomic E-state index is 10.3. The van der Waals surface area contributed by atoms with Gasteiger partial charge in [-0.25, -0.2) is 0 Å². The number of carbonyl (C=O) groups is 1. The Morgan fingerprint density at radius 2 is 2.00 bits per heavy atom. The van der Waals surface area contributed by atoms with Gasteiger partial charge in [0.05, 0.1) is 12.2 Å². The van der Waals surface area contributed by atoms with Gasteiger partial charge in [-0.15, -0.1) is 0 Å². The van der Waals surface area contributed by atoms with Gasteiger partial charge in [0.1, 0.15) is 5.60 Å². The Labute approximate surface area is 132 Å². The van der Waals surface area contributed by atoms with Crippen molar-refractivity contribution in [2.75, 3.05) is 13.2 Å². The highest BCUT2D eigenvalue weighted by atomic mass is 16.5. The molecule has 1 aromatic carbocycles. The predicted octanol–water partition coefficient (Wildman–Crippen LogP) is 1.27. The number of ether oxygens (including phenoxy) is 1. The highest BCUT2D eigenvalue weighted by Gasteiger charge is 2.36. The van der Waals surface area contributed by atoms with Gasteiger partial charge in [0.15, 0.2) is 0 Å². The third-order valence-corrected chi connectivity index (χ3v) is 3.34. The van der Waals surface area contributed by atoms with Crippen molar-refractivity contribution < 1.29 is 19.7 Å². The summed E-state index contributed by atoms with van der Waals surface area (Å²) in [5, 5.41) is 22.4. The van der Waals surface area contributed by atoms with Gasteiger partial charge in [-0.05, 0) is 32.8 Å². The number of β-amino-alcohol motifs (C(OH)–C–C–N with tert-alkyl or cyclic N) is 1. The Balaban J connectivity index is 0.000000295. The highest BCUT2D eigenvalue weighted by molar-refractivity contribution is 5.37. The molecule has 1 fully saturated rings. The molecule has 0 bridgehead atoms. The van der Waals surface area contributed by atoms with Crippen LogP contribution in [0.1, 0.15) is 32.8 Å². The Bertz CT molecular complexity index is 444. The SMILES string of the molecule is CC(C)(C)OC=O.OC[C@H]1CC(O)(Cc2ccccc2)CN1. The number of carbonyl (C=O) groups excluding carboxylic acids is 1. The molecule has 1 aliphatic heterocycles. The lowest BCUT2D eigenvalue weighted by Gasteiger charge is -2.21. The van der Waals surface area contributed by atoms with Gasteiger partial charge >= 0.3 is 0 Å². The molecule has 0 amide bonds. The molecule has 5 nitrogen and oxygen atoms in total. The minimum absolute atomic E-state index is 0.0405. The number of aliphatic hydroxyl groups excluding tert-OH is 1. The fourth-order valence-corrected chi connectivity index (χ4v) is 2.32. The van der Waals surface area contributed by atoms with Gasteiger partial charge in [0.25, 0.3) is 6.47 Å². The molecule has 1 saturated heterocycles. The normalized spacial score (nSPS) is 24.3. The summed E-state index contributed by atoms with van der Waals surface area (Å²) < 4.78 is 4.55. The average molecular weight is 309 g/mol. The van der Waals surface area contributed by atoms with Crippen LogP contribution in [0, 0.1) is 0 Å². The van der Waals surface area contributed by atoms with Crippen molar-refractivity contribution in [1.82, 2.24) is 5.32 Å². The number of hydrogen-bond donors (Lipinski definition) is 3. The largest absolute Gasteiger partial charge is 0.462 e. The van der Waals surface area contributed by atoms with E-state index >= 15 is 0 Å². The molecule has 3 N–H and O–H groups in total. The molecule has 0 spiro atoms. The Morgan fingerprint density at radius 1 is 1.36 bits per heavy atom. The topological polar surface area (TPSA) is 78.8 Å². The van der Waals surface area contributed by atoms with E-state index in [0.717, 1.165) is 5.56 Å². The Morgan fingerprint density at radius 3 is 2.41 bits per heavy atom. The minimum Gasteiger partial charge on any atom is -0.462 e. The number of aliphatic hydroxyl groups is 2. The van der Waals surface area contributed by atoms with Gasteiger partial charge in [-0.1, -0.05) is 30.3 Å². The lowest BCUT2D eigenvalue weighted by Crippen LogP contribution is -2.33. The van der Waals surface area contributed by atoms with E-state index in [9.17, 15) is 9.90 Å². The number of benzene rings is 1. The maximum Gasteiger partial charge on any atom is 0.293 e. The van der Waals surface area contributed by atoms with Crippen molar-refractivity contribution in [3.05, 3.63) is 35.9 Å². The summed E-state index contributed by atoms with van der Waals surface area (Å²) in [5.41, 5.74) is 0.122. The second kappa shape index (κ2) is 8.27. The molecule has 1 aliphatic rings. The third kappa shape index (κ3) is 7.02. The maximum atomic E-state index is 10.3. The van der Waals surface area contributed by atoms with Gasteiger partial charge < -0.3 is 20.3 Å². The summed E-state index contributed by atoms with van der Waals surface area (Å²) in [6.07, 6.45) is 1.27. The van der Waals surface area contributed by atoms with Crippen molar-refractivity contribution in [2.24, 2.45) is 0 Å². The summed E-state index contributed by atoms with van der Waals surface area (Å²) in [6.45, 7) is 6.58. The second-order valence-electron chi connectivity index (χ2n) is 6.68. The van der Waals surface area contributed by atoms with Crippen LogP contribution in [0.5, 0.6) is 0 Å². The summed E-state index contributed by atoms with van der Waals surface area (Å²) in [6, 6.07) is 10.00. The lowest BCUT2D eigenvalue weighted by molar-refractivity contribution is -0.138. The van der Waals surface area contributed by atoms with E-state index in [-0.39, 0.29) is 18.2 Å². The second-order valence-corrected chi connectivity index (χ2v) is 6.68. The minimum atomic E-state index is -0.700. The van der Waals surface area contributed by atoms with E-state index in [2.05, 4.69) is 10.1 Å². The van der Waals surface area contributed by atoms with Gasteiger partial charge in [0.2, 0.25) is 0 Å². The van der Waals surface area contributed by atoms with Crippen LogP contribution >= 0.6 is 0 Å². The smallest absolute Gasteiger partial charge is 0.293 e. The van der Waals surface area contributed by atoms with E-state index in [1.54, 1.807) is 0 Å². The predicted molar refractivity (Wildman–Crippen MR) is 85.5 cm³/mol. The van der Waals surface area contributed by atoms with Crippen molar-refractivity contribution >= 4 is 6.47 Å². The zero-order valence-corrected chi connectivity index (χ0v) is 13.6.